The van der Waals surface area contributed by atoms with Gasteiger partial charge < -0.3 is 24.4 Å². The number of nitrogens with one attached hydrogen (secondary N) is 1. The van der Waals surface area contributed by atoms with Crippen molar-refractivity contribution in [3.05, 3.63) is 41.2 Å². The summed E-state index contributed by atoms with van der Waals surface area (Å²) in [5.74, 6) is 3.22. The number of hydrogen-bond acceptors (Lipinski definition) is 8. The molecule has 1 saturated heterocycles. The molecule has 0 amide bonds. The van der Waals surface area contributed by atoms with Crippen LogP contribution in [0.1, 0.15) is 44.1 Å². The monoisotopic (exact) mass is 536 g/mol. The Morgan fingerprint density at radius 1 is 1.11 bits per heavy atom. The summed E-state index contributed by atoms with van der Waals surface area (Å²) in [6, 6.07) is 7.55. The average Bonchev–Trinajstić information content (AvgIpc) is 3.57. The number of carbonyl (C=O) groups is 1. The number of fused-ring (bicyclic) bond motifs is 3. The number of halogens is 1. The number of anilines is 2. The Morgan fingerprint density at radius 2 is 1.92 bits per heavy atom. The van der Waals surface area contributed by atoms with Gasteiger partial charge in [-0.05, 0) is 68.8 Å². The maximum atomic E-state index is 12.3. The molecule has 8 nitrogen and oxygen atoms in total. The van der Waals surface area contributed by atoms with Crippen molar-refractivity contribution >= 4 is 39.8 Å². The summed E-state index contributed by atoms with van der Waals surface area (Å²) < 4.78 is 18.2. The van der Waals surface area contributed by atoms with E-state index >= 15 is 0 Å². The van der Waals surface area contributed by atoms with Crippen LogP contribution in [0.4, 0.5) is 11.5 Å². The van der Waals surface area contributed by atoms with Crippen molar-refractivity contribution < 1.29 is 19.0 Å². The summed E-state index contributed by atoms with van der Waals surface area (Å²) in [7, 11) is 0. The van der Waals surface area contributed by atoms with Gasteiger partial charge in [-0.25, -0.2) is 9.97 Å². The van der Waals surface area contributed by atoms with Crippen LogP contribution in [-0.4, -0.2) is 60.1 Å². The Hall–Kier alpha value is -3.10. The zero-order valence-corrected chi connectivity index (χ0v) is 22.3. The molecule has 0 spiro atoms. The van der Waals surface area contributed by atoms with Crippen molar-refractivity contribution in [2.75, 3.05) is 44.8 Å². The first kappa shape index (κ1) is 25.2. The van der Waals surface area contributed by atoms with E-state index in [1.807, 2.05) is 24.3 Å². The Bertz CT molecular complexity index is 1320. The maximum absolute atomic E-state index is 12.3. The third kappa shape index (κ3) is 5.81. The van der Waals surface area contributed by atoms with Gasteiger partial charge in [0.05, 0.1) is 17.5 Å². The van der Waals surface area contributed by atoms with Crippen LogP contribution in [-0.2, 0) is 11.2 Å². The fourth-order valence-corrected chi connectivity index (χ4v) is 5.47. The number of hydrogen-bond donors (Lipinski definition) is 1. The second-order valence-corrected chi connectivity index (χ2v) is 10.8. The summed E-state index contributed by atoms with van der Waals surface area (Å²) in [5.41, 5.74) is 2.31. The lowest BCUT2D eigenvalue weighted by atomic mass is 10.0. The lowest BCUT2D eigenvalue weighted by Crippen LogP contribution is -2.22. The van der Waals surface area contributed by atoms with E-state index in [2.05, 4.69) is 20.2 Å². The Balaban J connectivity index is 1.20. The quantitative estimate of drug-likeness (QED) is 0.318. The minimum Gasteiger partial charge on any atom is -0.489 e. The summed E-state index contributed by atoms with van der Waals surface area (Å²) in [5, 5.41) is 4.65. The normalized spacial score (nSPS) is 17.1. The Morgan fingerprint density at radius 3 is 2.71 bits per heavy atom. The molecule has 1 aromatic heterocycles. The second-order valence-electron chi connectivity index (χ2n) is 10.4. The van der Waals surface area contributed by atoms with Gasteiger partial charge >= 0.3 is 0 Å². The predicted octanol–water partition coefficient (Wildman–Crippen LogP) is 5.57. The van der Waals surface area contributed by atoms with Gasteiger partial charge in [0.1, 0.15) is 31.1 Å². The molecule has 1 N–H and O–H groups in total. The topological polar surface area (TPSA) is 85.8 Å². The third-order valence-electron chi connectivity index (χ3n) is 7.37. The molecule has 0 bridgehead atoms. The number of ketones is 1. The van der Waals surface area contributed by atoms with E-state index in [0.29, 0.717) is 72.2 Å². The van der Waals surface area contributed by atoms with Crippen molar-refractivity contribution in [2.45, 2.75) is 44.9 Å². The van der Waals surface area contributed by atoms with E-state index in [9.17, 15) is 4.79 Å². The van der Waals surface area contributed by atoms with E-state index in [1.165, 1.54) is 45.1 Å². The van der Waals surface area contributed by atoms with Gasteiger partial charge in [-0.15, -0.1) is 0 Å². The molecule has 200 valence electrons. The van der Waals surface area contributed by atoms with Crippen LogP contribution in [0, 0.1) is 5.92 Å². The molecule has 9 heteroatoms. The fourth-order valence-electron chi connectivity index (χ4n) is 5.22. The van der Waals surface area contributed by atoms with Gasteiger partial charge in [-0.1, -0.05) is 17.7 Å². The van der Waals surface area contributed by atoms with Crippen molar-refractivity contribution in [2.24, 2.45) is 5.92 Å². The number of carbonyl (C=O) groups excluding carboxylic acids is 1. The molecule has 6 rings (SSSR count). The minimum absolute atomic E-state index is 0.245. The molecule has 3 aliphatic rings. The number of nitrogens with zero attached hydrogens (tertiary/aromatic N) is 3. The smallest absolute Gasteiger partial charge is 0.204 e. The van der Waals surface area contributed by atoms with Gasteiger partial charge in [0.2, 0.25) is 5.75 Å². The number of ether oxygens (including phenoxy) is 3. The van der Waals surface area contributed by atoms with Crippen LogP contribution >= 0.6 is 11.6 Å². The lowest BCUT2D eigenvalue weighted by Gasteiger charge is -2.24. The maximum Gasteiger partial charge on any atom is 0.204 e. The molecule has 0 atom stereocenters. The van der Waals surface area contributed by atoms with Crippen LogP contribution < -0.4 is 19.5 Å². The highest BCUT2D eigenvalue weighted by Gasteiger charge is 2.26. The zero-order chi connectivity index (χ0) is 25.9. The largest absolute Gasteiger partial charge is 0.489 e. The SMILES string of the molecule is O=C(Cc1ccc(Nc2ncnc3cc(OCCCN4CCCC4)c4c(c23)OCCO4)cc1Cl)CC1CC1. The second kappa shape index (κ2) is 11.3. The number of Topliss-reactive ketones (excluding diaryl/α,β-unsaturated/α-hetero) is 1. The molecule has 38 heavy (non-hydrogen) atoms. The number of benzene rings is 2. The van der Waals surface area contributed by atoms with Gasteiger partial charge in [0, 0.05) is 36.2 Å². The molecule has 2 fully saturated rings. The van der Waals surface area contributed by atoms with E-state index in [0.717, 1.165) is 29.6 Å². The number of rotatable bonds is 11. The molecular weight excluding hydrogens is 504 g/mol. The first-order valence-corrected chi connectivity index (χ1v) is 14.0. The van der Waals surface area contributed by atoms with E-state index < -0.39 is 0 Å². The predicted molar refractivity (Wildman–Crippen MR) is 147 cm³/mol. The highest BCUT2D eigenvalue weighted by atomic mass is 35.5. The van der Waals surface area contributed by atoms with Gasteiger partial charge in [-0.2, -0.15) is 0 Å². The Labute approximate surface area is 227 Å². The molecule has 2 aromatic carbocycles. The molecule has 0 unspecified atom stereocenters. The van der Waals surface area contributed by atoms with Gasteiger partial charge in [-0.3, -0.25) is 4.79 Å². The van der Waals surface area contributed by atoms with Crippen LogP contribution in [0.25, 0.3) is 10.9 Å². The molecule has 3 heterocycles. The summed E-state index contributed by atoms with van der Waals surface area (Å²) in [6.45, 7) is 4.89. The minimum atomic E-state index is 0.245. The highest BCUT2D eigenvalue weighted by Crippen LogP contribution is 2.47. The molecule has 1 aliphatic carbocycles. The summed E-state index contributed by atoms with van der Waals surface area (Å²) in [6.07, 6.45) is 8.40. The molecule has 2 aliphatic heterocycles. The molecule has 3 aromatic rings. The van der Waals surface area contributed by atoms with Crippen LogP contribution in [0.15, 0.2) is 30.6 Å². The van der Waals surface area contributed by atoms with Crippen LogP contribution in [0.3, 0.4) is 0 Å². The van der Waals surface area contributed by atoms with Crippen molar-refractivity contribution in [3.63, 3.8) is 0 Å². The number of likely N-dealkylation sites (tertiary alicyclic amines) is 1. The van der Waals surface area contributed by atoms with Crippen molar-refractivity contribution in [1.82, 2.24) is 14.9 Å². The first-order valence-electron chi connectivity index (χ1n) is 13.6. The van der Waals surface area contributed by atoms with E-state index in [-0.39, 0.29) is 5.78 Å². The van der Waals surface area contributed by atoms with Gasteiger partial charge in [0.15, 0.2) is 11.5 Å². The van der Waals surface area contributed by atoms with E-state index in [1.54, 1.807) is 0 Å². The molecule has 1 saturated carbocycles. The lowest BCUT2D eigenvalue weighted by molar-refractivity contribution is -0.118. The average molecular weight is 537 g/mol. The zero-order valence-electron chi connectivity index (χ0n) is 21.5. The van der Waals surface area contributed by atoms with Crippen LogP contribution in [0.5, 0.6) is 17.2 Å². The van der Waals surface area contributed by atoms with Crippen LogP contribution in [0.2, 0.25) is 5.02 Å². The van der Waals surface area contributed by atoms with E-state index in [4.69, 9.17) is 25.8 Å². The molecule has 0 radical (unpaired) electrons. The standard InChI is InChI=1S/C29H33ClN4O4/c30-23-16-21(7-6-20(23)15-22(35)14-19-4-5-19)33-29-26-24(31-18-32-29)17-25(27-28(26)38-13-12-37-27)36-11-3-10-34-8-1-2-9-34/h6-7,16-19H,1-5,8-15H2,(H,31,32,33). The first-order chi connectivity index (χ1) is 18.6. The summed E-state index contributed by atoms with van der Waals surface area (Å²) >= 11 is 6.56. The summed E-state index contributed by atoms with van der Waals surface area (Å²) in [4.78, 5) is 23.8. The molecular formula is C29H33ClN4O4. The Kier molecular flexibility index (Phi) is 7.51. The van der Waals surface area contributed by atoms with Crippen molar-refractivity contribution in [1.29, 1.82) is 0 Å². The number of aromatic nitrogens is 2. The van der Waals surface area contributed by atoms with Gasteiger partial charge in [0.25, 0.3) is 0 Å². The third-order valence-corrected chi connectivity index (χ3v) is 7.72. The van der Waals surface area contributed by atoms with Crippen molar-refractivity contribution in [3.8, 4) is 17.2 Å². The highest BCUT2D eigenvalue weighted by molar-refractivity contribution is 6.31. The fraction of sp³-hybridized carbons (Fsp3) is 0.483.